The Morgan fingerprint density at radius 1 is 1.24 bits per heavy atom. The zero-order valence-corrected chi connectivity index (χ0v) is 20.2. The lowest BCUT2D eigenvalue weighted by molar-refractivity contribution is 0.251. The van der Waals surface area contributed by atoms with Gasteiger partial charge in [-0.15, -0.1) is 0 Å². The molecule has 1 unspecified atom stereocenters. The van der Waals surface area contributed by atoms with E-state index in [1.165, 1.54) is 0 Å². The van der Waals surface area contributed by atoms with Crippen molar-refractivity contribution in [2.24, 2.45) is 0 Å². The van der Waals surface area contributed by atoms with Crippen LogP contribution in [0.25, 0.3) is 27.8 Å². The summed E-state index contributed by atoms with van der Waals surface area (Å²) in [6.45, 7) is 12.8. The first kappa shape index (κ1) is 22.3. The summed E-state index contributed by atoms with van der Waals surface area (Å²) in [5.74, 6) is 0.175. The maximum atomic E-state index is 16.2. The van der Waals surface area contributed by atoms with Gasteiger partial charge in [0.1, 0.15) is 6.33 Å². The van der Waals surface area contributed by atoms with Crippen molar-refractivity contribution >= 4 is 22.4 Å². The highest BCUT2D eigenvalue weighted by molar-refractivity contribution is 5.94. The van der Waals surface area contributed by atoms with Crippen LogP contribution in [0.4, 0.5) is 10.2 Å². The van der Waals surface area contributed by atoms with E-state index in [0.29, 0.717) is 42.9 Å². The predicted octanol–water partition coefficient (Wildman–Crippen LogP) is 4.19. The van der Waals surface area contributed by atoms with Crippen LogP contribution in [-0.2, 0) is 0 Å². The fourth-order valence-electron chi connectivity index (χ4n) is 5.20. The van der Waals surface area contributed by atoms with Gasteiger partial charge in [0.15, 0.2) is 17.3 Å². The molecule has 4 aromatic rings. The first-order valence-corrected chi connectivity index (χ1v) is 11.7. The van der Waals surface area contributed by atoms with Crippen LogP contribution in [0.15, 0.2) is 18.7 Å². The Morgan fingerprint density at radius 2 is 2.03 bits per heavy atom. The molecule has 0 saturated carbocycles. The molecule has 0 aliphatic carbocycles. The van der Waals surface area contributed by atoms with Crippen molar-refractivity contribution in [3.05, 3.63) is 41.2 Å². The Balaban J connectivity index is 1.66. The molecule has 5 heterocycles. The van der Waals surface area contributed by atoms with Gasteiger partial charge in [0.2, 0.25) is 0 Å². The number of halogens is 1. The third kappa shape index (κ3) is 3.41. The molecule has 5 rings (SSSR count). The molecule has 9 heteroatoms. The molecule has 176 valence electrons. The van der Waals surface area contributed by atoms with E-state index >= 15 is 4.39 Å². The van der Waals surface area contributed by atoms with Gasteiger partial charge in [-0.2, -0.15) is 10.4 Å². The number of aryl methyl sites for hydroxylation is 1. The molecule has 0 aromatic carbocycles. The van der Waals surface area contributed by atoms with Gasteiger partial charge in [-0.05, 0) is 43.4 Å². The Hall–Kier alpha value is -3.51. The van der Waals surface area contributed by atoms with E-state index in [1.54, 1.807) is 17.0 Å². The van der Waals surface area contributed by atoms with E-state index in [0.717, 1.165) is 33.6 Å². The molecule has 0 bridgehead atoms. The molecule has 1 N–H and O–H groups in total. The van der Waals surface area contributed by atoms with Crippen LogP contribution >= 0.6 is 0 Å². The van der Waals surface area contributed by atoms with Crippen LogP contribution in [0.1, 0.15) is 43.4 Å². The van der Waals surface area contributed by atoms with Crippen molar-refractivity contribution < 1.29 is 4.39 Å². The van der Waals surface area contributed by atoms with Crippen LogP contribution in [0.3, 0.4) is 0 Å². The third-order valence-electron chi connectivity index (χ3n) is 7.05. The van der Waals surface area contributed by atoms with Gasteiger partial charge in [0.25, 0.3) is 0 Å². The maximum Gasteiger partial charge on any atom is 0.175 e. The summed E-state index contributed by atoms with van der Waals surface area (Å²) in [7, 11) is 0. The van der Waals surface area contributed by atoms with Crippen molar-refractivity contribution in [3.8, 4) is 17.3 Å². The first-order valence-electron chi connectivity index (χ1n) is 11.7. The number of nitriles is 1. The van der Waals surface area contributed by atoms with Crippen molar-refractivity contribution in [1.29, 1.82) is 5.26 Å². The molecule has 1 fully saturated rings. The van der Waals surface area contributed by atoms with Crippen molar-refractivity contribution in [1.82, 2.24) is 29.5 Å². The van der Waals surface area contributed by atoms with E-state index in [2.05, 4.69) is 58.7 Å². The number of aromatic amines is 1. The van der Waals surface area contributed by atoms with Gasteiger partial charge in [0, 0.05) is 42.8 Å². The average Bonchev–Trinajstić information content (AvgIpc) is 3.42. The second-order valence-electron chi connectivity index (χ2n) is 9.51. The largest absolute Gasteiger partial charge is 0.353 e. The van der Waals surface area contributed by atoms with Crippen LogP contribution in [0.2, 0.25) is 0 Å². The molecular weight excluding hydrogens is 431 g/mol. The fraction of sp³-hybridized carbons (Fsp3) is 0.440. The average molecular weight is 461 g/mol. The normalized spacial score (nSPS) is 17.2. The minimum absolute atomic E-state index is 0.0575. The Morgan fingerprint density at radius 3 is 2.74 bits per heavy atom. The Bertz CT molecular complexity index is 1430. The first-order chi connectivity index (χ1) is 16.3. The molecule has 34 heavy (non-hydrogen) atoms. The molecule has 1 saturated heterocycles. The SMILES string of the molecule is Cc1c(-c2[nH]c3cnc(N4CCN(CC#N)CC4C)c(F)c3c2C(C)C)cn2ncnc2c1C. The lowest BCUT2D eigenvalue weighted by atomic mass is 9.94. The number of aromatic nitrogens is 5. The van der Waals surface area contributed by atoms with Gasteiger partial charge in [-0.3, -0.25) is 4.90 Å². The van der Waals surface area contributed by atoms with Crippen LogP contribution in [-0.4, -0.2) is 61.7 Å². The van der Waals surface area contributed by atoms with E-state index in [9.17, 15) is 0 Å². The van der Waals surface area contributed by atoms with Crippen LogP contribution < -0.4 is 4.90 Å². The molecule has 0 spiro atoms. The molecule has 0 amide bonds. The lowest BCUT2D eigenvalue weighted by Gasteiger charge is -2.39. The number of anilines is 1. The molecule has 0 radical (unpaired) electrons. The number of nitrogens with one attached hydrogen (secondary N) is 1. The van der Waals surface area contributed by atoms with Gasteiger partial charge in [-0.25, -0.2) is 18.9 Å². The van der Waals surface area contributed by atoms with E-state index in [-0.39, 0.29) is 17.8 Å². The van der Waals surface area contributed by atoms with Gasteiger partial charge >= 0.3 is 0 Å². The standard InChI is InChI=1S/C25H29FN8/c1-14(2)20-21-19(31-23(20)18-12-34-24(29-13-30-34)17(5)16(18)4)10-28-25(22(21)26)33-9-8-32(7-6-27)11-15(33)3/h10,12-15,31H,7-9,11H2,1-5H3. The predicted molar refractivity (Wildman–Crippen MR) is 130 cm³/mol. The highest BCUT2D eigenvalue weighted by Crippen LogP contribution is 2.40. The zero-order chi connectivity index (χ0) is 24.1. The second-order valence-corrected chi connectivity index (χ2v) is 9.51. The number of nitrogens with zero attached hydrogens (tertiary/aromatic N) is 7. The summed E-state index contributed by atoms with van der Waals surface area (Å²) in [5, 5.41) is 13.9. The Labute approximate surface area is 198 Å². The molecule has 4 aromatic heterocycles. The molecule has 1 aliphatic rings. The quantitative estimate of drug-likeness (QED) is 0.460. The number of H-pyrrole nitrogens is 1. The van der Waals surface area contributed by atoms with E-state index in [1.807, 2.05) is 18.0 Å². The minimum atomic E-state index is -0.291. The fourth-order valence-corrected chi connectivity index (χ4v) is 5.20. The van der Waals surface area contributed by atoms with Crippen LogP contribution in [0, 0.1) is 31.0 Å². The summed E-state index contributed by atoms with van der Waals surface area (Å²) in [6.07, 6.45) is 5.26. The topological polar surface area (TPSA) is 89.1 Å². The van der Waals surface area contributed by atoms with E-state index < -0.39 is 0 Å². The third-order valence-corrected chi connectivity index (χ3v) is 7.05. The molecule has 1 aliphatic heterocycles. The Kier molecular flexibility index (Phi) is 5.48. The summed E-state index contributed by atoms with van der Waals surface area (Å²) < 4.78 is 18.0. The number of hydrogen-bond donors (Lipinski definition) is 1. The number of piperazine rings is 1. The van der Waals surface area contributed by atoms with Gasteiger partial charge < -0.3 is 9.88 Å². The number of pyridine rings is 2. The number of rotatable bonds is 4. The van der Waals surface area contributed by atoms with Crippen molar-refractivity contribution in [3.63, 3.8) is 0 Å². The summed E-state index contributed by atoms with van der Waals surface area (Å²) in [5.41, 5.74) is 6.46. The minimum Gasteiger partial charge on any atom is -0.353 e. The van der Waals surface area contributed by atoms with Gasteiger partial charge in [-0.1, -0.05) is 13.8 Å². The maximum absolute atomic E-state index is 16.2. The van der Waals surface area contributed by atoms with E-state index in [4.69, 9.17) is 5.26 Å². The zero-order valence-electron chi connectivity index (χ0n) is 20.2. The number of hydrogen-bond acceptors (Lipinski definition) is 6. The van der Waals surface area contributed by atoms with Crippen molar-refractivity contribution in [2.75, 3.05) is 31.1 Å². The van der Waals surface area contributed by atoms with Gasteiger partial charge in [0.05, 0.1) is 30.0 Å². The molecule has 8 nitrogen and oxygen atoms in total. The highest BCUT2D eigenvalue weighted by Gasteiger charge is 2.30. The molecular formula is C25H29FN8. The monoisotopic (exact) mass is 460 g/mol. The van der Waals surface area contributed by atoms with Crippen molar-refractivity contribution in [2.45, 2.75) is 46.6 Å². The molecule has 1 atom stereocenters. The summed E-state index contributed by atoms with van der Waals surface area (Å²) in [4.78, 5) is 16.5. The van der Waals surface area contributed by atoms with Crippen LogP contribution in [0.5, 0.6) is 0 Å². The smallest absolute Gasteiger partial charge is 0.175 e. The summed E-state index contributed by atoms with van der Waals surface area (Å²) in [6, 6.07) is 2.27. The summed E-state index contributed by atoms with van der Waals surface area (Å²) >= 11 is 0. The lowest BCUT2D eigenvalue weighted by Crippen LogP contribution is -2.52. The highest BCUT2D eigenvalue weighted by atomic mass is 19.1. The second kappa shape index (κ2) is 8.37. The number of fused-ring (bicyclic) bond motifs is 2.